The van der Waals surface area contributed by atoms with Crippen LogP contribution in [0.4, 0.5) is 0 Å². The molecule has 12 heterocycles. The molecular weight excluding hydrogens is 1810 g/mol. The number of Topliss-reactive ketones (excluding diaryl/α,β-unsaturated/α-hetero) is 4. The third-order valence-electron chi connectivity index (χ3n) is 25.6. The van der Waals surface area contributed by atoms with E-state index in [0.29, 0.717) is 79.8 Å². The molecular formula is C102H122N14O16S4. The van der Waals surface area contributed by atoms with Crippen molar-refractivity contribution in [1.82, 2.24) is 69.4 Å². The molecule has 4 saturated heterocycles. The molecule has 34 heteroatoms. The predicted octanol–water partition coefficient (Wildman–Crippen LogP) is 16.3. The van der Waals surface area contributed by atoms with Crippen molar-refractivity contribution in [3.05, 3.63) is 223 Å². The molecule has 4 amide bonds. The Morgan fingerprint density at radius 3 is 1.17 bits per heavy atom. The van der Waals surface area contributed by atoms with Gasteiger partial charge in [0.15, 0.2) is 41.1 Å². The van der Waals surface area contributed by atoms with E-state index in [4.69, 9.17) is 17.9 Å². The van der Waals surface area contributed by atoms with E-state index in [9.17, 15) is 58.8 Å². The minimum Gasteiger partial charge on any atom is -0.444 e. The average molecular weight is 1930 g/mol. The number of nitrogens with zero attached hydrogens (tertiary/aromatic N) is 14. The summed E-state index contributed by atoms with van der Waals surface area (Å²) in [4.78, 5) is 138. The second-order valence-corrected chi connectivity index (χ2v) is 40.8. The number of likely N-dealkylation sites (tertiary alicyclic amines) is 4. The Balaban J connectivity index is 0.000000153. The Bertz CT molecular complexity index is 5600. The summed E-state index contributed by atoms with van der Waals surface area (Å²) in [6.07, 6.45) is 4.24. The molecule has 0 spiro atoms. The standard InChI is InChI=1S/C26H31N3O5.C26H31N3O3S2.2C25H30N4O4S/c1-15(2)25(23-10-17(4)28-34-23)26(32)29-13-20(30)11-21(29)22(31)9-16(3)18-5-7-19(8-6-18)24-12-27-14-33-24;1-15(2)24(23-11-16(3)28-34-23)26(32)29-13-20(30)12-21(29)22(31)10-7-18-5-8-19(9-6-18)25-17(4)27-14-33-25;1-14(2)22(24-28-27-16(4)33-24)25(32)29-12-19(30)11-20(29)21(31)10-7-17-5-8-18(9-6-17)23-15(3)26-13-34-23;1-14(2)22(24-27-16(4)33-28-24)25(32)29-12-19(30)11-20(29)21(31)10-7-17-5-8-18(9-6-17)23-15(3)26-13-34-23/h5-8,10,12,14-16,20-21,25,30H,9,11,13H2,1-4H3;5-6,8-9,11,14-15,20-21,24,30H,7,10,12-13H2,1-4H3;2*5-6,8-9,13-14,19-20,22,30H,7,10-12H2,1-4H3/t16-,20-,21+,25-;20-,21+,24-;2*19-,20+,22-/m1111/s1. The number of hydrogen-bond donors (Lipinski definition) is 4. The predicted molar refractivity (Wildman–Crippen MR) is 518 cm³/mol. The molecule has 4 N–H and O–H groups in total. The number of aromatic nitrogens is 10. The van der Waals surface area contributed by atoms with Gasteiger partial charge in [0.05, 0.1) is 120 Å². The van der Waals surface area contributed by atoms with Crippen LogP contribution in [0.15, 0.2) is 156 Å². The van der Waals surface area contributed by atoms with Gasteiger partial charge in [-0.05, 0) is 140 Å². The summed E-state index contributed by atoms with van der Waals surface area (Å²) in [6.45, 7) is 31.2. The van der Waals surface area contributed by atoms with Gasteiger partial charge in [0.25, 0.3) is 0 Å². The fourth-order valence-corrected chi connectivity index (χ4v) is 21.8. The summed E-state index contributed by atoms with van der Waals surface area (Å²) in [5, 5.41) is 57.0. The Labute approximate surface area is 808 Å². The Hall–Kier alpha value is -11.5. The summed E-state index contributed by atoms with van der Waals surface area (Å²) < 4.78 is 25.7. The second kappa shape index (κ2) is 46.1. The molecule has 0 bridgehead atoms. The molecule has 720 valence electrons. The number of rotatable bonds is 32. The molecule has 4 aliphatic rings. The Morgan fingerprint density at radius 1 is 0.434 bits per heavy atom. The summed E-state index contributed by atoms with van der Waals surface area (Å²) >= 11 is 6.18. The van der Waals surface area contributed by atoms with Crippen molar-refractivity contribution in [1.29, 1.82) is 0 Å². The van der Waals surface area contributed by atoms with Crippen LogP contribution in [0.2, 0.25) is 0 Å². The number of β-amino-alcohol motifs (C(OH)–C–C–N with tert-alkyl or cyclic N) is 4. The van der Waals surface area contributed by atoms with Crippen LogP contribution in [0, 0.1) is 72.1 Å². The van der Waals surface area contributed by atoms with E-state index >= 15 is 0 Å². The van der Waals surface area contributed by atoms with E-state index in [1.54, 1.807) is 71.9 Å². The number of ketones is 4. The zero-order valence-electron chi connectivity index (χ0n) is 79.8. The number of benzene rings is 4. The zero-order valence-corrected chi connectivity index (χ0v) is 83.0. The first-order chi connectivity index (χ1) is 65.0. The maximum absolute atomic E-state index is 13.5. The second-order valence-electron chi connectivity index (χ2n) is 37.4. The molecule has 4 aromatic carbocycles. The van der Waals surface area contributed by atoms with Crippen LogP contribution < -0.4 is 0 Å². The zero-order chi connectivity index (χ0) is 97.6. The molecule has 30 nitrogen and oxygen atoms in total. The van der Waals surface area contributed by atoms with Crippen LogP contribution in [0.1, 0.15) is 228 Å². The lowest BCUT2D eigenvalue weighted by molar-refractivity contribution is -0.140. The Morgan fingerprint density at radius 2 is 0.831 bits per heavy atom. The fourth-order valence-electron chi connectivity index (χ4n) is 18.3. The van der Waals surface area contributed by atoms with E-state index in [2.05, 4.69) is 98.3 Å². The van der Waals surface area contributed by atoms with Gasteiger partial charge in [-0.2, -0.15) is 9.36 Å². The van der Waals surface area contributed by atoms with Crippen LogP contribution in [0.25, 0.3) is 42.6 Å². The van der Waals surface area contributed by atoms with Crippen molar-refractivity contribution >= 4 is 92.3 Å². The van der Waals surface area contributed by atoms with Crippen LogP contribution >= 0.6 is 45.5 Å². The van der Waals surface area contributed by atoms with Crippen molar-refractivity contribution in [2.45, 2.75) is 260 Å². The number of aliphatic hydroxyl groups excluding tert-OH is 4. The largest absolute Gasteiger partial charge is 0.444 e. The van der Waals surface area contributed by atoms with Crippen LogP contribution in [-0.2, 0) is 57.6 Å². The first-order valence-electron chi connectivity index (χ1n) is 46.5. The molecule has 13 atom stereocenters. The van der Waals surface area contributed by atoms with Crippen molar-refractivity contribution < 1.29 is 76.7 Å². The monoisotopic (exact) mass is 1930 g/mol. The molecule has 0 saturated carbocycles. The van der Waals surface area contributed by atoms with Gasteiger partial charge in [-0.1, -0.05) is 170 Å². The third kappa shape index (κ3) is 25.1. The lowest BCUT2D eigenvalue weighted by Crippen LogP contribution is -2.44. The van der Waals surface area contributed by atoms with Crippen molar-refractivity contribution in [2.75, 3.05) is 26.2 Å². The smallest absolute Gasteiger partial charge is 0.236 e. The number of thiazole rings is 3. The number of aliphatic hydroxyl groups is 4. The van der Waals surface area contributed by atoms with Gasteiger partial charge in [0, 0.05) is 108 Å². The molecule has 4 aliphatic heterocycles. The van der Waals surface area contributed by atoms with E-state index < -0.39 is 66.3 Å². The summed E-state index contributed by atoms with van der Waals surface area (Å²) in [7, 11) is 0. The molecule has 12 aromatic rings. The topological polar surface area (TPSA) is 412 Å². The average Bonchev–Trinajstić information content (AvgIpc) is 1.66. The molecule has 0 aliphatic carbocycles. The first kappa shape index (κ1) is 102. The van der Waals surface area contributed by atoms with E-state index in [-0.39, 0.29) is 140 Å². The molecule has 4 fully saturated rings. The number of hydrogen-bond acceptors (Lipinski definition) is 30. The number of oxazole rings is 1. The summed E-state index contributed by atoms with van der Waals surface area (Å²) in [6, 6.07) is 33.6. The number of carbonyl (C=O) groups excluding carboxylic acids is 8. The number of carbonyl (C=O) groups is 8. The van der Waals surface area contributed by atoms with E-state index in [1.165, 1.54) is 32.6 Å². The highest BCUT2D eigenvalue weighted by Gasteiger charge is 2.48. The minimum atomic E-state index is -0.725. The first-order valence-corrected chi connectivity index (χ1v) is 49.9. The molecule has 0 unspecified atom stereocenters. The van der Waals surface area contributed by atoms with E-state index in [1.807, 2.05) is 161 Å². The molecule has 0 radical (unpaired) electrons. The van der Waals surface area contributed by atoms with Crippen molar-refractivity contribution in [3.63, 3.8) is 0 Å². The van der Waals surface area contributed by atoms with Gasteiger partial charge >= 0.3 is 0 Å². The van der Waals surface area contributed by atoms with Crippen LogP contribution in [0.3, 0.4) is 0 Å². The van der Waals surface area contributed by atoms with Crippen molar-refractivity contribution in [3.8, 4) is 42.6 Å². The maximum atomic E-state index is 13.5. The number of aryl methyl sites for hydroxylation is 10. The third-order valence-corrected chi connectivity index (χ3v) is 29.5. The SMILES string of the molecule is Cc1cc([C@H](C(=O)N2C[C@H](O)C[C@H]2C(=O)CCc2ccc(-c3scnc3C)cc2)C(C)C)sn1.Cc1cc([C@H](C(=O)N2C[C@H](O)C[C@H]2C(=O)C[C@@H](C)c2ccc(-c3cnco3)cc2)C(C)C)on1.Cc1nc([C@H](C(=O)N2C[C@H](O)C[C@H]2C(=O)CCc2ccc(-c3scnc3C)cc2)C(C)C)no1.Cc1nnc([C@H](C(=O)N2C[C@H](O)C[C@H]2C(=O)CCc2ccc(-c3scnc3C)cc2)C(C)C)o1. The maximum Gasteiger partial charge on any atom is 0.236 e. The minimum absolute atomic E-state index is 0.00951. The highest BCUT2D eigenvalue weighted by molar-refractivity contribution is 7.14. The molecule has 8 aromatic heterocycles. The fraction of sp³-hybridized carbons (Fsp3) is 0.471. The van der Waals surface area contributed by atoms with Gasteiger partial charge in [-0.15, -0.1) is 44.2 Å². The van der Waals surface area contributed by atoms with Gasteiger partial charge in [0.2, 0.25) is 41.3 Å². The van der Waals surface area contributed by atoms with Crippen LogP contribution in [0.5, 0.6) is 0 Å². The summed E-state index contributed by atoms with van der Waals surface area (Å²) in [5.74, 6) is -0.754. The van der Waals surface area contributed by atoms with Gasteiger partial charge in [-0.3, -0.25) is 38.4 Å². The van der Waals surface area contributed by atoms with E-state index in [0.717, 1.165) is 86.8 Å². The van der Waals surface area contributed by atoms with Crippen molar-refractivity contribution in [2.24, 2.45) is 23.7 Å². The van der Waals surface area contributed by atoms with Gasteiger partial charge in [-0.25, -0.2) is 19.9 Å². The highest BCUT2D eigenvalue weighted by Crippen LogP contribution is 2.40. The lowest BCUT2D eigenvalue weighted by atomic mass is 9.89. The normalized spacial score (nSPS) is 19.3. The van der Waals surface area contributed by atoms with Crippen LogP contribution in [-0.4, -0.2) is 211 Å². The van der Waals surface area contributed by atoms with Gasteiger partial charge in [0.1, 0.15) is 23.5 Å². The highest BCUT2D eigenvalue weighted by atomic mass is 32.1. The number of amides is 4. The van der Waals surface area contributed by atoms with Gasteiger partial charge < -0.3 is 57.9 Å². The molecule has 16 rings (SSSR count). The molecule has 136 heavy (non-hydrogen) atoms. The summed E-state index contributed by atoms with van der Waals surface area (Å²) in [5.41, 5.74) is 18.6. The Kier molecular flexibility index (Phi) is 34.5. The lowest BCUT2D eigenvalue weighted by Gasteiger charge is -2.29. The quantitative estimate of drug-likeness (QED) is 0.0304.